The summed E-state index contributed by atoms with van der Waals surface area (Å²) in [4.78, 5) is 28.1. The number of benzene rings is 1. The Kier molecular flexibility index (Phi) is 6.04. The van der Waals surface area contributed by atoms with Gasteiger partial charge in [0.2, 0.25) is 19.4 Å². The van der Waals surface area contributed by atoms with Gasteiger partial charge in [0.25, 0.3) is 5.91 Å². The van der Waals surface area contributed by atoms with Gasteiger partial charge in [0.05, 0.1) is 23.5 Å². The number of thioether (sulfide) groups is 1. The van der Waals surface area contributed by atoms with E-state index in [-0.39, 0.29) is 33.3 Å². The van der Waals surface area contributed by atoms with E-state index >= 15 is 0 Å². The fourth-order valence-corrected chi connectivity index (χ4v) is 5.10. The summed E-state index contributed by atoms with van der Waals surface area (Å²) in [7, 11) is -3.60. The number of aliphatic imine (C=N–C) groups is 1. The zero-order chi connectivity index (χ0) is 23.8. The highest BCUT2D eigenvalue weighted by Crippen LogP contribution is 2.31. The Hall–Kier alpha value is -3.51. The Morgan fingerprint density at radius 3 is 2.61 bits per heavy atom. The minimum absolute atomic E-state index is 0.0241. The number of rotatable bonds is 5. The number of hydrogen-bond donors (Lipinski definition) is 1. The lowest BCUT2D eigenvalue weighted by Gasteiger charge is -2.19. The Balaban J connectivity index is 1.58. The Labute approximate surface area is 193 Å². The van der Waals surface area contributed by atoms with Crippen molar-refractivity contribution < 1.29 is 27.2 Å². The number of hydrazone groups is 1. The minimum Gasteiger partial charge on any atom is -0.462 e. The minimum atomic E-state index is -3.60. The third kappa shape index (κ3) is 4.39. The molecule has 4 rings (SSSR count). The summed E-state index contributed by atoms with van der Waals surface area (Å²) < 4.78 is 34.7. The molecule has 2 aliphatic rings. The topological polar surface area (TPSA) is 142 Å². The van der Waals surface area contributed by atoms with Crippen LogP contribution in [0.1, 0.15) is 30.0 Å². The smallest absolute Gasteiger partial charge is 0.338 e. The molecule has 0 unspecified atom stereocenters. The third-order valence-electron chi connectivity index (χ3n) is 4.68. The molecule has 0 bridgehead atoms. The fourth-order valence-electron chi connectivity index (χ4n) is 2.94. The van der Waals surface area contributed by atoms with Gasteiger partial charge in [0, 0.05) is 5.56 Å². The van der Waals surface area contributed by atoms with E-state index < -0.39 is 21.7 Å². The lowest BCUT2D eigenvalue weighted by atomic mass is 10.1. The van der Waals surface area contributed by atoms with Gasteiger partial charge < -0.3 is 9.15 Å². The first-order valence-corrected chi connectivity index (χ1v) is 12.3. The van der Waals surface area contributed by atoms with Crippen LogP contribution in [0.5, 0.6) is 0 Å². The monoisotopic (exact) mass is 486 g/mol. The molecule has 0 fully saturated rings. The normalized spacial score (nSPS) is 17.2. The van der Waals surface area contributed by atoms with Gasteiger partial charge in [-0.3, -0.25) is 10.2 Å². The number of esters is 1. The van der Waals surface area contributed by atoms with Crippen molar-refractivity contribution in [3.8, 4) is 11.3 Å². The van der Waals surface area contributed by atoms with Gasteiger partial charge in [-0.05, 0) is 49.0 Å². The van der Waals surface area contributed by atoms with Crippen molar-refractivity contribution in [3.05, 3.63) is 53.3 Å². The molecule has 1 aromatic heterocycles. The molecule has 0 saturated carbocycles. The average Bonchev–Trinajstić information content (AvgIpc) is 3.45. The summed E-state index contributed by atoms with van der Waals surface area (Å²) >= 11 is 0.742. The number of hydrogen-bond acceptors (Lipinski definition) is 9. The first-order valence-electron chi connectivity index (χ1n) is 9.84. The number of amides is 1. The van der Waals surface area contributed by atoms with Crippen molar-refractivity contribution >= 4 is 54.9 Å². The number of carbonyl (C=O) groups is 2. The van der Waals surface area contributed by atoms with E-state index in [1.54, 1.807) is 43.3 Å². The standard InChI is InChI=1S/C21H18N4O6S2/c1-3-30-19(27)13-7-5-12(6-8-13)16-10-9-14(31-16)11-15-17(22)25-20(23-18(15)26)32-21(24-25)33(28,29)4-2/h5-11,22H,3-4H2,1-2H3. The van der Waals surface area contributed by atoms with Crippen molar-refractivity contribution in [2.24, 2.45) is 10.1 Å². The predicted molar refractivity (Wildman–Crippen MR) is 125 cm³/mol. The van der Waals surface area contributed by atoms with Crippen molar-refractivity contribution in [1.29, 1.82) is 5.41 Å². The van der Waals surface area contributed by atoms with Crippen LogP contribution in [0.2, 0.25) is 0 Å². The molecule has 12 heteroatoms. The summed E-state index contributed by atoms with van der Waals surface area (Å²) in [6.45, 7) is 3.50. The maximum atomic E-state index is 12.5. The van der Waals surface area contributed by atoms with Crippen LogP contribution < -0.4 is 0 Å². The zero-order valence-corrected chi connectivity index (χ0v) is 19.2. The van der Waals surface area contributed by atoms with Gasteiger partial charge >= 0.3 is 5.97 Å². The number of fused-ring (bicyclic) bond motifs is 1. The number of nitrogens with zero attached hydrogens (tertiary/aromatic N) is 3. The van der Waals surface area contributed by atoms with Crippen LogP contribution >= 0.6 is 11.8 Å². The molecule has 2 aliphatic heterocycles. The van der Waals surface area contributed by atoms with E-state index in [9.17, 15) is 18.0 Å². The lowest BCUT2D eigenvalue weighted by Crippen LogP contribution is -2.35. The van der Waals surface area contributed by atoms with E-state index in [0.29, 0.717) is 22.6 Å². The molecule has 0 aliphatic carbocycles. The third-order valence-corrected chi connectivity index (χ3v) is 7.76. The number of amidine groups is 2. The van der Waals surface area contributed by atoms with Crippen LogP contribution in [0.3, 0.4) is 0 Å². The maximum absolute atomic E-state index is 12.5. The Bertz CT molecular complexity index is 1350. The Morgan fingerprint density at radius 2 is 1.94 bits per heavy atom. The van der Waals surface area contributed by atoms with Gasteiger partial charge in [0.15, 0.2) is 5.84 Å². The number of furan rings is 1. The molecule has 1 N–H and O–H groups in total. The van der Waals surface area contributed by atoms with E-state index in [0.717, 1.165) is 16.8 Å². The SMILES string of the molecule is CCOC(=O)c1ccc(-c2ccc(C=C3C(=N)N4N=C(S(=O)(=O)CC)SC4=NC3=O)o2)cc1. The van der Waals surface area contributed by atoms with Crippen molar-refractivity contribution in [2.75, 3.05) is 12.4 Å². The van der Waals surface area contributed by atoms with Crippen molar-refractivity contribution in [1.82, 2.24) is 5.01 Å². The summed E-state index contributed by atoms with van der Waals surface area (Å²) in [5.41, 5.74) is 1.03. The van der Waals surface area contributed by atoms with Crippen LogP contribution in [-0.4, -0.2) is 53.0 Å². The molecule has 170 valence electrons. The molecule has 1 aromatic carbocycles. The van der Waals surface area contributed by atoms with E-state index in [4.69, 9.17) is 14.6 Å². The molecular formula is C21H18N4O6S2. The van der Waals surface area contributed by atoms with E-state index in [1.165, 1.54) is 13.0 Å². The van der Waals surface area contributed by atoms with Crippen molar-refractivity contribution in [2.45, 2.75) is 13.8 Å². The predicted octanol–water partition coefficient (Wildman–Crippen LogP) is 3.13. The Morgan fingerprint density at radius 1 is 1.21 bits per heavy atom. The molecule has 3 heterocycles. The summed E-state index contributed by atoms with van der Waals surface area (Å²) in [5, 5.41) is 13.3. The molecule has 1 amide bonds. The van der Waals surface area contributed by atoms with E-state index in [1.807, 2.05) is 0 Å². The highest BCUT2D eigenvalue weighted by Gasteiger charge is 2.39. The van der Waals surface area contributed by atoms with Gasteiger partial charge in [-0.15, -0.1) is 5.10 Å². The lowest BCUT2D eigenvalue weighted by molar-refractivity contribution is -0.114. The second-order valence-corrected chi connectivity index (χ2v) is 10.2. The van der Waals surface area contributed by atoms with Crippen LogP contribution in [0.15, 0.2) is 56.5 Å². The zero-order valence-electron chi connectivity index (χ0n) is 17.6. The van der Waals surface area contributed by atoms with Gasteiger partial charge in [-0.1, -0.05) is 19.1 Å². The molecule has 33 heavy (non-hydrogen) atoms. The number of ether oxygens (including phenoxy) is 1. The average molecular weight is 487 g/mol. The highest BCUT2D eigenvalue weighted by molar-refractivity contribution is 8.42. The van der Waals surface area contributed by atoms with Gasteiger partial charge in [-0.2, -0.15) is 10.0 Å². The number of nitrogens with one attached hydrogen (secondary N) is 1. The fraction of sp³-hybridized carbons (Fsp3) is 0.190. The molecule has 0 radical (unpaired) electrons. The second-order valence-electron chi connectivity index (χ2n) is 6.79. The molecular weight excluding hydrogens is 468 g/mol. The first-order chi connectivity index (χ1) is 15.7. The highest BCUT2D eigenvalue weighted by atomic mass is 32.3. The summed E-state index contributed by atoms with van der Waals surface area (Å²) in [5.74, 6) is -0.775. The maximum Gasteiger partial charge on any atom is 0.338 e. The molecule has 0 spiro atoms. The van der Waals surface area contributed by atoms with Gasteiger partial charge in [0.1, 0.15) is 11.5 Å². The second kappa shape index (κ2) is 8.79. The first kappa shape index (κ1) is 22.7. The number of sulfone groups is 1. The molecule has 0 atom stereocenters. The van der Waals surface area contributed by atoms with Crippen molar-refractivity contribution in [3.63, 3.8) is 0 Å². The summed E-state index contributed by atoms with van der Waals surface area (Å²) in [6.07, 6.45) is 1.36. The summed E-state index contributed by atoms with van der Waals surface area (Å²) in [6, 6.07) is 9.96. The van der Waals surface area contributed by atoms with E-state index in [2.05, 4.69) is 10.1 Å². The number of carbonyl (C=O) groups excluding carboxylic acids is 2. The van der Waals surface area contributed by atoms with Crippen LogP contribution in [-0.2, 0) is 19.4 Å². The van der Waals surface area contributed by atoms with Crippen LogP contribution in [0, 0.1) is 5.41 Å². The van der Waals surface area contributed by atoms with Gasteiger partial charge in [-0.25, -0.2) is 13.2 Å². The molecule has 2 aromatic rings. The molecule has 10 nitrogen and oxygen atoms in total. The molecule has 0 saturated heterocycles. The quantitative estimate of drug-likeness (QED) is 0.502. The van der Waals surface area contributed by atoms with Crippen LogP contribution in [0.25, 0.3) is 17.4 Å². The van der Waals surface area contributed by atoms with Crippen LogP contribution in [0.4, 0.5) is 0 Å². The largest absolute Gasteiger partial charge is 0.462 e.